The third-order valence-electron chi connectivity index (χ3n) is 3.74. The standard InChI is InChI=1S/C19H18ClN5O2S/c1-2-25-18(14-6-8-15(20)9-7-14)23-24-19(25)28-12-17(27)22-21-11-13-4-3-5-16(26)10-13/h3-11,26H,2,12H2,1H3,(H,22,27)/b21-11-. The molecule has 144 valence electrons. The number of thioether (sulfide) groups is 1. The van der Waals surface area contributed by atoms with E-state index in [0.717, 1.165) is 11.4 Å². The van der Waals surface area contributed by atoms with Crippen molar-refractivity contribution >= 4 is 35.5 Å². The molecule has 0 aliphatic carbocycles. The Morgan fingerprint density at radius 3 is 2.79 bits per heavy atom. The number of halogens is 1. The fourth-order valence-corrected chi connectivity index (χ4v) is 3.36. The topological polar surface area (TPSA) is 92.4 Å². The zero-order valence-electron chi connectivity index (χ0n) is 15.0. The van der Waals surface area contributed by atoms with Crippen molar-refractivity contribution in [3.63, 3.8) is 0 Å². The van der Waals surface area contributed by atoms with Gasteiger partial charge in [-0.25, -0.2) is 5.43 Å². The Labute approximate surface area is 171 Å². The van der Waals surface area contributed by atoms with Gasteiger partial charge in [0.25, 0.3) is 5.91 Å². The Bertz CT molecular complexity index is 988. The summed E-state index contributed by atoms with van der Waals surface area (Å²) in [7, 11) is 0. The van der Waals surface area contributed by atoms with Crippen LogP contribution in [0.2, 0.25) is 5.02 Å². The van der Waals surface area contributed by atoms with Crippen LogP contribution in [0.5, 0.6) is 5.75 Å². The van der Waals surface area contributed by atoms with Gasteiger partial charge in [-0.2, -0.15) is 5.10 Å². The van der Waals surface area contributed by atoms with E-state index in [1.807, 2.05) is 23.6 Å². The molecule has 1 amide bonds. The number of rotatable bonds is 7. The van der Waals surface area contributed by atoms with Crippen LogP contribution in [0.15, 0.2) is 58.8 Å². The van der Waals surface area contributed by atoms with Gasteiger partial charge in [-0.1, -0.05) is 35.5 Å². The average Bonchev–Trinajstić information content (AvgIpc) is 3.10. The van der Waals surface area contributed by atoms with Crippen LogP contribution in [0.1, 0.15) is 12.5 Å². The predicted molar refractivity (Wildman–Crippen MR) is 111 cm³/mol. The van der Waals surface area contributed by atoms with Gasteiger partial charge in [0.15, 0.2) is 11.0 Å². The number of phenolic OH excluding ortho intramolecular Hbond substituents is 1. The molecule has 0 aliphatic heterocycles. The van der Waals surface area contributed by atoms with Crippen LogP contribution in [0.25, 0.3) is 11.4 Å². The summed E-state index contributed by atoms with van der Waals surface area (Å²) in [5.41, 5.74) is 4.05. The van der Waals surface area contributed by atoms with Gasteiger partial charge in [0.1, 0.15) is 5.75 Å². The Hall–Kier alpha value is -2.84. The van der Waals surface area contributed by atoms with E-state index in [1.54, 1.807) is 36.4 Å². The summed E-state index contributed by atoms with van der Waals surface area (Å²) in [5, 5.41) is 23.0. The molecule has 28 heavy (non-hydrogen) atoms. The second-order valence-electron chi connectivity index (χ2n) is 5.73. The molecule has 0 spiro atoms. The molecule has 0 saturated heterocycles. The largest absolute Gasteiger partial charge is 0.508 e. The zero-order chi connectivity index (χ0) is 19.9. The smallest absolute Gasteiger partial charge is 0.250 e. The number of hydrogen-bond acceptors (Lipinski definition) is 6. The van der Waals surface area contributed by atoms with Gasteiger partial charge in [-0.05, 0) is 48.9 Å². The highest BCUT2D eigenvalue weighted by atomic mass is 35.5. The maximum atomic E-state index is 12.0. The fourth-order valence-electron chi connectivity index (χ4n) is 2.44. The molecule has 0 unspecified atom stereocenters. The number of amides is 1. The van der Waals surface area contributed by atoms with E-state index in [0.29, 0.717) is 22.3 Å². The van der Waals surface area contributed by atoms with Crippen molar-refractivity contribution in [3.05, 3.63) is 59.1 Å². The SMILES string of the molecule is CCn1c(SCC(=O)N/N=C\c2cccc(O)c2)nnc1-c1ccc(Cl)cc1. The minimum atomic E-state index is -0.264. The van der Waals surface area contributed by atoms with Gasteiger partial charge < -0.3 is 9.67 Å². The van der Waals surface area contributed by atoms with E-state index in [9.17, 15) is 9.90 Å². The number of carbonyl (C=O) groups excluding carboxylic acids is 1. The lowest BCUT2D eigenvalue weighted by Crippen LogP contribution is -2.20. The second kappa shape index (κ2) is 9.38. The molecule has 0 fully saturated rings. The van der Waals surface area contributed by atoms with Crippen molar-refractivity contribution < 1.29 is 9.90 Å². The normalized spacial score (nSPS) is 11.1. The van der Waals surface area contributed by atoms with Crippen LogP contribution < -0.4 is 5.43 Å². The first-order valence-corrected chi connectivity index (χ1v) is 9.86. The maximum Gasteiger partial charge on any atom is 0.250 e. The van der Waals surface area contributed by atoms with Crippen molar-refractivity contribution in [3.8, 4) is 17.1 Å². The summed E-state index contributed by atoms with van der Waals surface area (Å²) in [6.07, 6.45) is 1.47. The minimum absolute atomic E-state index is 0.140. The first kappa shape index (κ1) is 19.9. The number of phenols is 1. The zero-order valence-corrected chi connectivity index (χ0v) is 16.6. The van der Waals surface area contributed by atoms with Crippen LogP contribution in [0.4, 0.5) is 0 Å². The van der Waals surface area contributed by atoms with E-state index < -0.39 is 0 Å². The Morgan fingerprint density at radius 1 is 1.29 bits per heavy atom. The third kappa shape index (κ3) is 5.11. The molecule has 9 heteroatoms. The first-order chi connectivity index (χ1) is 13.6. The number of carbonyl (C=O) groups is 1. The lowest BCUT2D eigenvalue weighted by atomic mass is 10.2. The number of nitrogens with one attached hydrogen (secondary N) is 1. The number of aromatic hydroxyl groups is 1. The van der Waals surface area contributed by atoms with E-state index in [4.69, 9.17) is 11.6 Å². The second-order valence-corrected chi connectivity index (χ2v) is 7.11. The fraction of sp³-hybridized carbons (Fsp3) is 0.158. The van der Waals surface area contributed by atoms with Gasteiger partial charge in [0.05, 0.1) is 12.0 Å². The highest BCUT2D eigenvalue weighted by molar-refractivity contribution is 7.99. The van der Waals surface area contributed by atoms with Crippen molar-refractivity contribution in [2.24, 2.45) is 5.10 Å². The van der Waals surface area contributed by atoms with Crippen molar-refractivity contribution in [1.82, 2.24) is 20.2 Å². The molecule has 1 aromatic heterocycles. The number of nitrogens with zero attached hydrogens (tertiary/aromatic N) is 4. The number of benzene rings is 2. The molecule has 3 aromatic rings. The van der Waals surface area contributed by atoms with E-state index in [1.165, 1.54) is 18.0 Å². The van der Waals surface area contributed by atoms with E-state index in [2.05, 4.69) is 20.7 Å². The number of hydrogen-bond donors (Lipinski definition) is 2. The molecule has 0 radical (unpaired) electrons. The lowest BCUT2D eigenvalue weighted by Gasteiger charge is -2.07. The van der Waals surface area contributed by atoms with Gasteiger partial charge in [0, 0.05) is 17.1 Å². The van der Waals surface area contributed by atoms with Crippen molar-refractivity contribution in [2.75, 3.05) is 5.75 Å². The molecule has 0 bridgehead atoms. The van der Waals surface area contributed by atoms with Crippen molar-refractivity contribution in [2.45, 2.75) is 18.6 Å². The Balaban J connectivity index is 1.59. The maximum absolute atomic E-state index is 12.0. The molecule has 2 aromatic carbocycles. The lowest BCUT2D eigenvalue weighted by molar-refractivity contribution is -0.118. The molecule has 0 aliphatic rings. The summed E-state index contributed by atoms with van der Waals surface area (Å²) in [6.45, 7) is 2.66. The molecule has 2 N–H and O–H groups in total. The van der Waals surface area contributed by atoms with Crippen LogP contribution in [-0.2, 0) is 11.3 Å². The van der Waals surface area contributed by atoms with Crippen LogP contribution >= 0.6 is 23.4 Å². The average molecular weight is 416 g/mol. The van der Waals surface area contributed by atoms with Crippen LogP contribution in [0, 0.1) is 0 Å². The number of aromatic nitrogens is 3. The quantitative estimate of drug-likeness (QED) is 0.349. The summed E-state index contributed by atoms with van der Waals surface area (Å²) >= 11 is 7.22. The summed E-state index contributed by atoms with van der Waals surface area (Å²) < 4.78 is 1.94. The number of hydrazone groups is 1. The molecule has 7 nitrogen and oxygen atoms in total. The summed E-state index contributed by atoms with van der Waals surface area (Å²) in [4.78, 5) is 12.0. The van der Waals surface area contributed by atoms with Gasteiger partial charge in [-0.15, -0.1) is 10.2 Å². The monoisotopic (exact) mass is 415 g/mol. The van der Waals surface area contributed by atoms with Crippen molar-refractivity contribution in [1.29, 1.82) is 0 Å². The van der Waals surface area contributed by atoms with E-state index >= 15 is 0 Å². The van der Waals surface area contributed by atoms with Gasteiger partial charge in [0.2, 0.25) is 0 Å². The molecule has 3 rings (SSSR count). The summed E-state index contributed by atoms with van der Waals surface area (Å²) in [6, 6.07) is 14.0. The molecular formula is C19H18ClN5O2S. The predicted octanol–water partition coefficient (Wildman–Crippen LogP) is 3.57. The first-order valence-electron chi connectivity index (χ1n) is 8.49. The van der Waals surface area contributed by atoms with Gasteiger partial charge in [-0.3, -0.25) is 4.79 Å². The Kier molecular flexibility index (Phi) is 6.67. The third-order valence-corrected chi connectivity index (χ3v) is 4.96. The highest BCUT2D eigenvalue weighted by Gasteiger charge is 2.14. The molecular weight excluding hydrogens is 398 g/mol. The highest BCUT2D eigenvalue weighted by Crippen LogP contribution is 2.25. The molecule has 0 saturated carbocycles. The molecule has 1 heterocycles. The van der Waals surface area contributed by atoms with E-state index in [-0.39, 0.29) is 17.4 Å². The molecule has 0 atom stereocenters. The Morgan fingerprint density at radius 2 is 2.07 bits per heavy atom. The van der Waals surface area contributed by atoms with Crippen LogP contribution in [0.3, 0.4) is 0 Å². The summed E-state index contributed by atoms with van der Waals surface area (Å²) in [5.74, 6) is 0.751. The van der Waals surface area contributed by atoms with Crippen LogP contribution in [-0.4, -0.2) is 37.7 Å². The minimum Gasteiger partial charge on any atom is -0.508 e. The van der Waals surface area contributed by atoms with Gasteiger partial charge >= 0.3 is 0 Å².